The van der Waals surface area contributed by atoms with E-state index < -0.39 is 0 Å². The summed E-state index contributed by atoms with van der Waals surface area (Å²) in [5, 5.41) is 4.60. The topological polar surface area (TPSA) is 41.6 Å². The summed E-state index contributed by atoms with van der Waals surface area (Å²) in [6.45, 7) is 3.53. The molecule has 0 aromatic rings. The quantitative estimate of drug-likeness (QED) is 0.842. The Kier molecular flexibility index (Phi) is 4.89. The molecule has 2 aliphatic heterocycles. The maximum Gasteiger partial charge on any atom is 0.240 e. The zero-order valence-electron chi connectivity index (χ0n) is 11.9. The van der Waals surface area contributed by atoms with Crippen molar-refractivity contribution in [3.05, 3.63) is 22.2 Å². The molecule has 0 bridgehead atoms. The molecule has 1 N–H and O–H groups in total. The highest BCUT2D eigenvalue weighted by Gasteiger charge is 2.39. The van der Waals surface area contributed by atoms with Crippen LogP contribution in [0.3, 0.4) is 0 Å². The first kappa shape index (κ1) is 15.3. The smallest absolute Gasteiger partial charge is 0.240 e. The molecular weight excluding hydrogens is 311 g/mol. The van der Waals surface area contributed by atoms with E-state index in [1.54, 1.807) is 0 Å². The average Bonchev–Trinajstić information content (AvgIpc) is 2.99. The molecule has 116 valence electrons. The second kappa shape index (κ2) is 6.69. The second-order valence-electron chi connectivity index (χ2n) is 5.79. The van der Waals surface area contributed by atoms with Gasteiger partial charge in [-0.05, 0) is 31.2 Å². The molecule has 0 aromatic heterocycles. The summed E-state index contributed by atoms with van der Waals surface area (Å²) in [5.41, 5.74) is 0. The van der Waals surface area contributed by atoms with Gasteiger partial charge in [0.05, 0.1) is 29.3 Å². The van der Waals surface area contributed by atoms with Gasteiger partial charge in [-0.1, -0.05) is 35.4 Å². The predicted molar refractivity (Wildman–Crippen MR) is 83.3 cm³/mol. The van der Waals surface area contributed by atoms with Crippen LogP contribution < -0.4 is 5.32 Å². The van der Waals surface area contributed by atoms with E-state index in [2.05, 4.69) is 5.32 Å². The lowest BCUT2D eigenvalue weighted by molar-refractivity contribution is -0.138. The van der Waals surface area contributed by atoms with Crippen LogP contribution in [0.1, 0.15) is 12.8 Å². The molecule has 0 spiro atoms. The van der Waals surface area contributed by atoms with Crippen molar-refractivity contribution >= 4 is 29.1 Å². The fraction of sp³-hybridized carbons (Fsp3) is 0.667. The summed E-state index contributed by atoms with van der Waals surface area (Å²) in [6.07, 6.45) is 5.83. The number of halogens is 2. The third-order valence-electron chi connectivity index (χ3n) is 4.57. The summed E-state index contributed by atoms with van der Waals surface area (Å²) >= 11 is 12.2. The fourth-order valence-electron chi connectivity index (χ4n) is 3.41. The van der Waals surface area contributed by atoms with Crippen molar-refractivity contribution in [2.24, 2.45) is 11.8 Å². The Morgan fingerprint density at radius 3 is 2.76 bits per heavy atom. The van der Waals surface area contributed by atoms with Gasteiger partial charge in [0.15, 0.2) is 0 Å². The lowest BCUT2D eigenvalue weighted by atomic mass is 9.81. The van der Waals surface area contributed by atoms with Crippen molar-refractivity contribution in [1.82, 2.24) is 10.2 Å². The van der Waals surface area contributed by atoms with Crippen LogP contribution >= 0.6 is 23.2 Å². The highest BCUT2D eigenvalue weighted by atomic mass is 35.5. The van der Waals surface area contributed by atoms with Gasteiger partial charge >= 0.3 is 0 Å². The Hall–Kier alpha value is -0.550. The summed E-state index contributed by atoms with van der Waals surface area (Å²) < 4.78 is 5.32. The SMILES string of the molecule is O=C([C@@H]1NCC[C@H]1C1C=C(Cl)C(Cl)=CC1)N1CCOCC1. The molecule has 0 saturated carbocycles. The second-order valence-corrected chi connectivity index (χ2v) is 6.60. The lowest BCUT2D eigenvalue weighted by Gasteiger charge is -2.33. The number of nitrogens with one attached hydrogen (secondary N) is 1. The van der Waals surface area contributed by atoms with Gasteiger partial charge in [-0.15, -0.1) is 0 Å². The first-order valence-electron chi connectivity index (χ1n) is 7.50. The number of nitrogens with zero attached hydrogens (tertiary/aromatic N) is 1. The molecule has 3 aliphatic rings. The Bertz CT molecular complexity index is 472. The molecule has 0 aromatic carbocycles. The normalized spacial score (nSPS) is 33.6. The van der Waals surface area contributed by atoms with Gasteiger partial charge in [0.1, 0.15) is 0 Å². The number of rotatable bonds is 2. The van der Waals surface area contributed by atoms with Gasteiger partial charge in [0.25, 0.3) is 0 Å². The minimum Gasteiger partial charge on any atom is -0.378 e. The molecule has 0 radical (unpaired) electrons. The molecule has 6 heteroatoms. The zero-order chi connectivity index (χ0) is 14.8. The Labute approximate surface area is 135 Å². The molecule has 2 heterocycles. The first-order valence-corrected chi connectivity index (χ1v) is 8.25. The number of hydrogen-bond acceptors (Lipinski definition) is 3. The predicted octanol–water partition coefficient (Wildman–Crippen LogP) is 2.09. The van der Waals surface area contributed by atoms with Gasteiger partial charge in [0.2, 0.25) is 5.91 Å². The number of carbonyl (C=O) groups excluding carboxylic acids is 1. The maximum atomic E-state index is 12.7. The molecule has 21 heavy (non-hydrogen) atoms. The van der Waals surface area contributed by atoms with Crippen molar-refractivity contribution in [2.45, 2.75) is 18.9 Å². The summed E-state index contributed by atoms with van der Waals surface area (Å²) in [6, 6.07) is -0.112. The van der Waals surface area contributed by atoms with Gasteiger partial charge in [-0.2, -0.15) is 0 Å². The minimum atomic E-state index is -0.112. The van der Waals surface area contributed by atoms with E-state index in [0.717, 1.165) is 19.4 Å². The van der Waals surface area contributed by atoms with Crippen molar-refractivity contribution in [1.29, 1.82) is 0 Å². The van der Waals surface area contributed by atoms with Gasteiger partial charge in [0, 0.05) is 13.1 Å². The Morgan fingerprint density at radius 1 is 1.29 bits per heavy atom. The molecule has 1 aliphatic carbocycles. The molecule has 1 unspecified atom stereocenters. The highest BCUT2D eigenvalue weighted by molar-refractivity contribution is 6.44. The molecular formula is C15H20Cl2N2O2. The summed E-state index contributed by atoms with van der Waals surface area (Å²) in [5.74, 6) is 0.770. The van der Waals surface area contributed by atoms with Crippen LogP contribution in [-0.2, 0) is 9.53 Å². The van der Waals surface area contributed by atoms with E-state index in [4.69, 9.17) is 27.9 Å². The monoisotopic (exact) mass is 330 g/mol. The van der Waals surface area contributed by atoms with Crippen LogP contribution in [0.25, 0.3) is 0 Å². The number of carbonyl (C=O) groups is 1. The molecule has 3 atom stereocenters. The van der Waals surface area contributed by atoms with E-state index in [1.165, 1.54) is 0 Å². The van der Waals surface area contributed by atoms with Crippen LogP contribution in [-0.4, -0.2) is 49.7 Å². The molecule has 1 amide bonds. The van der Waals surface area contributed by atoms with Crippen LogP contribution in [0.4, 0.5) is 0 Å². The van der Waals surface area contributed by atoms with E-state index in [-0.39, 0.29) is 23.8 Å². The largest absolute Gasteiger partial charge is 0.378 e. The number of ether oxygens (including phenoxy) is 1. The van der Waals surface area contributed by atoms with Crippen molar-refractivity contribution in [3.63, 3.8) is 0 Å². The number of hydrogen-bond donors (Lipinski definition) is 1. The van der Waals surface area contributed by atoms with Gasteiger partial charge in [-0.3, -0.25) is 4.79 Å². The standard InChI is InChI=1S/C15H20Cl2N2O2/c16-12-2-1-10(9-13(12)17)11-3-4-18-14(11)15(20)19-5-7-21-8-6-19/h2,9-11,14,18H,1,3-8H2/t10?,11-,14+/m0/s1. The van der Waals surface area contributed by atoms with Gasteiger partial charge < -0.3 is 15.0 Å². The Morgan fingerprint density at radius 2 is 2.05 bits per heavy atom. The lowest BCUT2D eigenvalue weighted by Crippen LogP contribution is -2.51. The third-order valence-corrected chi connectivity index (χ3v) is 5.35. The van der Waals surface area contributed by atoms with Crippen LogP contribution in [0, 0.1) is 11.8 Å². The van der Waals surface area contributed by atoms with Gasteiger partial charge in [-0.25, -0.2) is 0 Å². The van der Waals surface area contributed by atoms with E-state index in [1.807, 2.05) is 17.1 Å². The summed E-state index contributed by atoms with van der Waals surface area (Å²) in [7, 11) is 0. The van der Waals surface area contributed by atoms with E-state index in [9.17, 15) is 4.79 Å². The Balaban J connectivity index is 1.69. The summed E-state index contributed by atoms with van der Waals surface area (Å²) in [4.78, 5) is 14.6. The van der Waals surface area contributed by atoms with Crippen molar-refractivity contribution < 1.29 is 9.53 Å². The van der Waals surface area contributed by atoms with Crippen molar-refractivity contribution in [3.8, 4) is 0 Å². The number of allylic oxidation sites excluding steroid dienone is 4. The fourth-order valence-corrected chi connectivity index (χ4v) is 3.80. The first-order chi connectivity index (χ1) is 10.2. The van der Waals surface area contributed by atoms with Crippen molar-refractivity contribution in [2.75, 3.05) is 32.8 Å². The number of morpholine rings is 1. The van der Waals surface area contributed by atoms with Crippen LogP contribution in [0.15, 0.2) is 22.2 Å². The zero-order valence-corrected chi connectivity index (χ0v) is 13.4. The molecule has 2 saturated heterocycles. The third kappa shape index (κ3) is 3.29. The van der Waals surface area contributed by atoms with Crippen LogP contribution in [0.2, 0.25) is 0 Å². The average molecular weight is 331 g/mol. The molecule has 3 rings (SSSR count). The minimum absolute atomic E-state index is 0.112. The maximum absolute atomic E-state index is 12.7. The highest BCUT2D eigenvalue weighted by Crippen LogP contribution is 2.36. The number of amides is 1. The van der Waals surface area contributed by atoms with E-state index >= 15 is 0 Å². The molecule has 4 nitrogen and oxygen atoms in total. The van der Waals surface area contributed by atoms with E-state index in [0.29, 0.717) is 36.4 Å². The molecule has 2 fully saturated rings. The van der Waals surface area contributed by atoms with Crippen LogP contribution in [0.5, 0.6) is 0 Å².